The van der Waals surface area contributed by atoms with Crippen molar-refractivity contribution >= 4 is 55.3 Å². The lowest BCUT2D eigenvalue weighted by Crippen LogP contribution is -2.14. The van der Waals surface area contributed by atoms with Gasteiger partial charge in [0.15, 0.2) is 0 Å². The molecule has 1 amide bonds. The Kier molecular flexibility index (Phi) is 7.30. The number of rotatable bonds is 6. The summed E-state index contributed by atoms with van der Waals surface area (Å²) in [6, 6.07) is 16.6. The molecular weight excluding hydrogens is 523 g/mol. The number of amides is 1. The SMILES string of the molecule is N#C/C(=C\c1cc(Br)ccc1OS(=O)(=O)c1ccc(Cl)cc1)C(=O)Nc1ccc(F)cc1. The molecule has 0 aliphatic carbocycles. The summed E-state index contributed by atoms with van der Waals surface area (Å²) in [5.41, 5.74) is 0.137. The van der Waals surface area contributed by atoms with Gasteiger partial charge < -0.3 is 9.50 Å². The van der Waals surface area contributed by atoms with Gasteiger partial charge in [-0.1, -0.05) is 27.5 Å². The Morgan fingerprint density at radius 2 is 1.75 bits per heavy atom. The molecule has 0 saturated heterocycles. The summed E-state index contributed by atoms with van der Waals surface area (Å²) >= 11 is 9.07. The summed E-state index contributed by atoms with van der Waals surface area (Å²) < 4.78 is 44.1. The molecule has 0 spiro atoms. The number of nitriles is 1. The van der Waals surface area contributed by atoms with Crippen LogP contribution >= 0.6 is 27.5 Å². The van der Waals surface area contributed by atoms with Crippen LogP contribution in [0.15, 0.2) is 81.7 Å². The molecule has 3 aromatic carbocycles. The first-order chi connectivity index (χ1) is 15.2. The van der Waals surface area contributed by atoms with Gasteiger partial charge in [-0.15, -0.1) is 0 Å². The molecule has 0 unspecified atom stereocenters. The maximum atomic E-state index is 13.0. The van der Waals surface area contributed by atoms with E-state index in [9.17, 15) is 22.9 Å². The van der Waals surface area contributed by atoms with Crippen molar-refractivity contribution < 1.29 is 21.8 Å². The highest BCUT2D eigenvalue weighted by Gasteiger charge is 2.19. The van der Waals surface area contributed by atoms with Crippen LogP contribution in [0.4, 0.5) is 10.1 Å². The van der Waals surface area contributed by atoms with Gasteiger partial charge in [-0.25, -0.2) is 4.39 Å². The van der Waals surface area contributed by atoms with E-state index < -0.39 is 21.8 Å². The molecule has 32 heavy (non-hydrogen) atoms. The van der Waals surface area contributed by atoms with E-state index in [1.54, 1.807) is 12.1 Å². The molecule has 0 aliphatic heterocycles. The predicted molar refractivity (Wildman–Crippen MR) is 122 cm³/mol. The van der Waals surface area contributed by atoms with E-state index >= 15 is 0 Å². The van der Waals surface area contributed by atoms with Gasteiger partial charge in [-0.2, -0.15) is 13.7 Å². The average molecular weight is 536 g/mol. The van der Waals surface area contributed by atoms with Gasteiger partial charge in [0.2, 0.25) is 0 Å². The zero-order chi connectivity index (χ0) is 23.3. The Balaban J connectivity index is 1.93. The summed E-state index contributed by atoms with van der Waals surface area (Å²) in [4.78, 5) is 12.4. The summed E-state index contributed by atoms with van der Waals surface area (Å²) in [7, 11) is -4.20. The monoisotopic (exact) mass is 534 g/mol. The van der Waals surface area contributed by atoms with Crippen LogP contribution in [-0.4, -0.2) is 14.3 Å². The van der Waals surface area contributed by atoms with Gasteiger partial charge in [-0.3, -0.25) is 4.79 Å². The van der Waals surface area contributed by atoms with E-state index in [0.29, 0.717) is 9.50 Å². The van der Waals surface area contributed by atoms with Crippen LogP contribution in [0.5, 0.6) is 5.75 Å². The molecule has 1 N–H and O–H groups in total. The van der Waals surface area contributed by atoms with E-state index in [0.717, 1.165) is 12.1 Å². The van der Waals surface area contributed by atoms with Crippen LogP contribution in [0, 0.1) is 17.1 Å². The van der Waals surface area contributed by atoms with Crippen molar-refractivity contribution in [3.8, 4) is 11.8 Å². The highest BCUT2D eigenvalue weighted by molar-refractivity contribution is 9.10. The van der Waals surface area contributed by atoms with Crippen molar-refractivity contribution in [2.24, 2.45) is 0 Å². The topological polar surface area (TPSA) is 96.3 Å². The highest BCUT2D eigenvalue weighted by atomic mass is 79.9. The van der Waals surface area contributed by atoms with Gasteiger partial charge in [0.05, 0.1) is 0 Å². The van der Waals surface area contributed by atoms with Gasteiger partial charge in [0, 0.05) is 20.7 Å². The summed E-state index contributed by atoms with van der Waals surface area (Å²) in [6.45, 7) is 0. The smallest absolute Gasteiger partial charge is 0.339 e. The van der Waals surface area contributed by atoms with E-state index in [1.807, 2.05) is 0 Å². The lowest BCUT2D eigenvalue weighted by Gasteiger charge is -2.11. The molecular formula is C22H13BrClFN2O4S. The molecule has 0 fully saturated rings. The Hall–Kier alpha value is -3.19. The Morgan fingerprint density at radius 3 is 2.38 bits per heavy atom. The number of carbonyl (C=O) groups excluding carboxylic acids is 1. The average Bonchev–Trinajstić information content (AvgIpc) is 2.75. The normalized spacial score (nSPS) is 11.5. The van der Waals surface area contributed by atoms with Crippen molar-refractivity contribution in [1.29, 1.82) is 5.26 Å². The van der Waals surface area contributed by atoms with Gasteiger partial charge in [0.25, 0.3) is 5.91 Å². The van der Waals surface area contributed by atoms with Crippen LogP contribution in [0.3, 0.4) is 0 Å². The summed E-state index contributed by atoms with van der Waals surface area (Å²) in [6.07, 6.45) is 1.19. The zero-order valence-electron chi connectivity index (χ0n) is 16.1. The Morgan fingerprint density at radius 1 is 1.09 bits per heavy atom. The molecule has 0 saturated carbocycles. The van der Waals surface area contributed by atoms with Gasteiger partial charge in [-0.05, 0) is 72.8 Å². The minimum absolute atomic E-state index is 0.0921. The van der Waals surface area contributed by atoms with Crippen LogP contribution < -0.4 is 9.50 Å². The third-order valence-corrected chi connectivity index (χ3v) is 6.03. The second kappa shape index (κ2) is 9.96. The fourth-order valence-electron chi connectivity index (χ4n) is 2.51. The molecule has 0 radical (unpaired) electrons. The second-order valence-electron chi connectivity index (χ2n) is 6.30. The van der Waals surface area contributed by atoms with E-state index in [4.69, 9.17) is 15.8 Å². The van der Waals surface area contributed by atoms with Crippen LogP contribution in [0.2, 0.25) is 5.02 Å². The number of benzene rings is 3. The largest absolute Gasteiger partial charge is 0.378 e. The van der Waals surface area contributed by atoms with Crippen LogP contribution in [0.1, 0.15) is 5.56 Å². The lowest BCUT2D eigenvalue weighted by molar-refractivity contribution is -0.112. The maximum absolute atomic E-state index is 13.0. The van der Waals surface area contributed by atoms with Gasteiger partial charge >= 0.3 is 10.1 Å². The Labute approximate surface area is 197 Å². The molecule has 0 bridgehead atoms. The van der Waals surface area contributed by atoms with Crippen molar-refractivity contribution in [3.05, 3.63) is 93.2 Å². The number of hydrogen-bond acceptors (Lipinski definition) is 5. The van der Waals surface area contributed by atoms with Crippen LogP contribution in [0.25, 0.3) is 6.08 Å². The number of nitrogens with zero attached hydrogens (tertiary/aromatic N) is 1. The fraction of sp³-hybridized carbons (Fsp3) is 0. The first kappa shape index (κ1) is 23.5. The molecule has 162 valence electrons. The maximum Gasteiger partial charge on any atom is 0.339 e. The zero-order valence-corrected chi connectivity index (χ0v) is 19.2. The molecule has 3 aromatic rings. The third-order valence-electron chi connectivity index (χ3n) is 4.04. The molecule has 0 atom stereocenters. The number of carbonyl (C=O) groups is 1. The summed E-state index contributed by atoms with van der Waals surface area (Å²) in [5, 5.41) is 12.3. The fourth-order valence-corrected chi connectivity index (χ4v) is 3.97. The van der Waals surface area contributed by atoms with Crippen molar-refractivity contribution in [2.45, 2.75) is 4.90 Å². The third kappa shape index (κ3) is 5.95. The number of anilines is 1. The van der Waals surface area contributed by atoms with E-state index in [-0.39, 0.29) is 27.5 Å². The first-order valence-corrected chi connectivity index (χ1v) is 11.4. The number of hydrogen-bond donors (Lipinski definition) is 1. The van der Waals surface area contributed by atoms with Gasteiger partial charge in [0.1, 0.15) is 28.1 Å². The quantitative estimate of drug-likeness (QED) is 0.253. The molecule has 0 heterocycles. The molecule has 10 heteroatoms. The van der Waals surface area contributed by atoms with Crippen molar-refractivity contribution in [3.63, 3.8) is 0 Å². The minimum atomic E-state index is -4.20. The number of halogens is 3. The molecule has 0 aliphatic rings. The standard InChI is InChI=1S/C22H13BrClFN2O4S/c23-16-1-10-21(31-32(29,30)20-8-2-17(24)3-9-20)14(12-16)11-15(13-26)22(28)27-19-6-4-18(25)5-7-19/h1-12H,(H,27,28)/b15-11+. The minimum Gasteiger partial charge on any atom is -0.378 e. The summed E-state index contributed by atoms with van der Waals surface area (Å²) in [5.74, 6) is -1.33. The van der Waals surface area contributed by atoms with Crippen molar-refractivity contribution in [1.82, 2.24) is 0 Å². The second-order valence-corrected chi connectivity index (χ2v) is 9.20. The number of nitrogens with one attached hydrogen (secondary N) is 1. The first-order valence-electron chi connectivity index (χ1n) is 8.86. The van der Waals surface area contributed by atoms with E-state index in [1.165, 1.54) is 54.6 Å². The predicted octanol–water partition coefficient (Wildman–Crippen LogP) is 5.55. The molecule has 3 rings (SSSR count). The van der Waals surface area contributed by atoms with E-state index in [2.05, 4.69) is 21.2 Å². The molecule has 6 nitrogen and oxygen atoms in total. The lowest BCUT2D eigenvalue weighted by atomic mass is 10.1. The molecule has 0 aromatic heterocycles. The van der Waals surface area contributed by atoms with Crippen molar-refractivity contribution in [2.75, 3.05) is 5.32 Å². The van der Waals surface area contributed by atoms with Crippen LogP contribution in [-0.2, 0) is 14.9 Å². The Bertz CT molecular complexity index is 1340. The highest BCUT2D eigenvalue weighted by Crippen LogP contribution is 2.29.